The van der Waals surface area contributed by atoms with E-state index in [2.05, 4.69) is 25.0 Å². The zero-order valence-electron chi connectivity index (χ0n) is 16.8. The van der Waals surface area contributed by atoms with Crippen molar-refractivity contribution in [2.24, 2.45) is 10.7 Å². The van der Waals surface area contributed by atoms with Crippen molar-refractivity contribution < 1.29 is 36.2 Å². The first kappa shape index (κ1) is 23.2. The van der Waals surface area contributed by atoms with Crippen LogP contribution in [0.1, 0.15) is 28.0 Å². The highest BCUT2D eigenvalue weighted by Crippen LogP contribution is 2.42. The Bertz CT molecular complexity index is 1040. The Kier molecular flexibility index (Phi) is 6.19. The predicted molar refractivity (Wildman–Crippen MR) is 102 cm³/mol. The lowest BCUT2D eigenvalue weighted by Crippen LogP contribution is -2.48. The number of rotatable bonds is 5. The Morgan fingerprint density at radius 1 is 1.34 bits per heavy atom. The summed E-state index contributed by atoms with van der Waals surface area (Å²) in [6.45, 7) is -0.178. The summed E-state index contributed by atoms with van der Waals surface area (Å²) in [5.41, 5.74) is 2.38. The van der Waals surface area contributed by atoms with E-state index in [1.165, 1.54) is 26.3 Å². The third-order valence-corrected chi connectivity index (χ3v) is 4.78. The summed E-state index contributed by atoms with van der Waals surface area (Å²) in [7, 11) is 1.36. The van der Waals surface area contributed by atoms with Gasteiger partial charge in [0.15, 0.2) is 6.10 Å². The summed E-state index contributed by atoms with van der Waals surface area (Å²) < 4.78 is 78.2. The van der Waals surface area contributed by atoms with E-state index in [1.54, 1.807) is 0 Å². The van der Waals surface area contributed by atoms with Gasteiger partial charge in [0.1, 0.15) is 23.7 Å². The summed E-state index contributed by atoms with van der Waals surface area (Å²) in [4.78, 5) is 23.8. The van der Waals surface area contributed by atoms with Crippen LogP contribution in [0.3, 0.4) is 0 Å². The highest BCUT2D eigenvalue weighted by molar-refractivity contribution is 6.02. The maximum absolute atomic E-state index is 14.9. The van der Waals surface area contributed by atoms with Gasteiger partial charge in [-0.1, -0.05) is 0 Å². The van der Waals surface area contributed by atoms with E-state index < -0.39 is 54.2 Å². The van der Waals surface area contributed by atoms with Crippen LogP contribution >= 0.6 is 0 Å². The lowest BCUT2D eigenvalue weighted by molar-refractivity contribution is -0.209. The van der Waals surface area contributed by atoms with Gasteiger partial charge in [-0.2, -0.15) is 13.2 Å². The number of carbonyl (C=O) groups excluding carboxylic acids is 1. The maximum atomic E-state index is 14.9. The molecule has 0 saturated heterocycles. The van der Waals surface area contributed by atoms with Crippen LogP contribution in [0.2, 0.25) is 0 Å². The van der Waals surface area contributed by atoms with Crippen LogP contribution < -0.4 is 15.8 Å². The molecule has 172 valence electrons. The van der Waals surface area contributed by atoms with Crippen LogP contribution in [0.25, 0.3) is 0 Å². The molecule has 2 atom stereocenters. The first-order valence-electron chi connectivity index (χ1n) is 9.12. The molecular formula is C19H18F5N5O3. The molecule has 32 heavy (non-hydrogen) atoms. The topological polar surface area (TPSA) is 112 Å². The molecule has 0 fully saturated rings. The number of aryl methyl sites for hydroxylation is 1. The van der Waals surface area contributed by atoms with Crippen molar-refractivity contribution in [2.45, 2.75) is 31.2 Å². The minimum atomic E-state index is -4.88. The normalized spacial score (nSPS) is 20.8. The average Bonchev–Trinajstić information content (AvgIpc) is 2.75. The maximum Gasteiger partial charge on any atom is 0.425 e. The molecule has 2 heterocycles. The monoisotopic (exact) mass is 459 g/mol. The zero-order chi connectivity index (χ0) is 23.7. The van der Waals surface area contributed by atoms with Gasteiger partial charge in [0.2, 0.25) is 5.88 Å². The Labute approximate surface area is 178 Å². The van der Waals surface area contributed by atoms with Gasteiger partial charge in [-0.25, -0.2) is 23.7 Å². The van der Waals surface area contributed by atoms with Gasteiger partial charge in [-0.15, -0.1) is 0 Å². The molecular weight excluding hydrogens is 441 g/mol. The molecule has 2 aromatic rings. The van der Waals surface area contributed by atoms with Crippen molar-refractivity contribution >= 4 is 17.6 Å². The molecule has 0 saturated carbocycles. The van der Waals surface area contributed by atoms with Crippen LogP contribution in [0.4, 0.5) is 27.6 Å². The summed E-state index contributed by atoms with van der Waals surface area (Å²) in [5.74, 6) is -1.56. The fraction of sp³-hybridized carbons (Fsp3) is 0.368. The highest BCUT2D eigenvalue weighted by Gasteiger charge is 2.52. The van der Waals surface area contributed by atoms with E-state index in [0.29, 0.717) is 0 Å². The van der Waals surface area contributed by atoms with Crippen molar-refractivity contribution in [3.8, 4) is 5.88 Å². The van der Waals surface area contributed by atoms with Crippen molar-refractivity contribution in [3.05, 3.63) is 47.2 Å². The fourth-order valence-electron chi connectivity index (χ4n) is 3.20. The van der Waals surface area contributed by atoms with Crippen LogP contribution in [0.15, 0.2) is 29.5 Å². The minimum absolute atomic E-state index is 0.0156. The van der Waals surface area contributed by atoms with E-state index in [9.17, 15) is 26.7 Å². The number of nitrogens with one attached hydrogen (secondary N) is 1. The number of hydrogen-bond donors (Lipinski definition) is 2. The summed E-state index contributed by atoms with van der Waals surface area (Å²) in [6.07, 6.45) is -6.07. The number of ether oxygens (including phenoxy) is 2. The molecule has 8 nitrogen and oxygen atoms in total. The number of anilines is 1. The number of hydrogen-bond acceptors (Lipinski definition) is 7. The number of aliphatic imine (C=N–C) groups is 1. The summed E-state index contributed by atoms with van der Waals surface area (Å²) in [5, 5.41) is 2.43. The quantitative estimate of drug-likeness (QED) is 0.665. The fourth-order valence-corrected chi connectivity index (χ4v) is 3.20. The third kappa shape index (κ3) is 4.55. The number of amides is 1. The zero-order valence-corrected chi connectivity index (χ0v) is 16.8. The van der Waals surface area contributed by atoms with Crippen molar-refractivity contribution in [2.75, 3.05) is 19.1 Å². The third-order valence-electron chi connectivity index (χ3n) is 4.78. The van der Waals surface area contributed by atoms with E-state index in [-0.39, 0.29) is 22.8 Å². The van der Waals surface area contributed by atoms with Gasteiger partial charge in [0, 0.05) is 17.7 Å². The van der Waals surface area contributed by atoms with Gasteiger partial charge in [0.25, 0.3) is 11.9 Å². The largest absolute Gasteiger partial charge is 0.480 e. The molecule has 1 aromatic heterocycles. The molecule has 1 aromatic carbocycles. The van der Waals surface area contributed by atoms with Crippen molar-refractivity contribution in [3.63, 3.8) is 0 Å². The van der Waals surface area contributed by atoms with Crippen molar-refractivity contribution in [1.29, 1.82) is 0 Å². The van der Waals surface area contributed by atoms with Gasteiger partial charge in [-0.05, 0) is 24.6 Å². The van der Waals surface area contributed by atoms with Gasteiger partial charge < -0.3 is 20.5 Å². The number of halogens is 5. The average molecular weight is 459 g/mol. The van der Waals surface area contributed by atoms with Gasteiger partial charge in [0.05, 0.1) is 19.5 Å². The predicted octanol–water partition coefficient (Wildman–Crippen LogP) is 3.02. The van der Waals surface area contributed by atoms with Crippen LogP contribution in [0.5, 0.6) is 5.88 Å². The lowest BCUT2D eigenvalue weighted by Gasteiger charge is -2.37. The molecule has 13 heteroatoms. The Balaban J connectivity index is 1.99. The first-order chi connectivity index (χ1) is 15.0. The molecule has 1 aliphatic rings. The number of carbonyl (C=O) groups is 1. The second kappa shape index (κ2) is 8.55. The molecule has 3 N–H and O–H groups in total. The number of amidine groups is 1. The number of benzene rings is 1. The van der Waals surface area contributed by atoms with Crippen LogP contribution in [-0.2, 0) is 10.3 Å². The number of nitrogens with two attached hydrogens (primary N) is 1. The number of aromatic nitrogens is 2. The Morgan fingerprint density at radius 2 is 2.06 bits per heavy atom. The molecule has 0 radical (unpaired) electrons. The van der Waals surface area contributed by atoms with E-state index >= 15 is 0 Å². The smallest absolute Gasteiger partial charge is 0.425 e. The summed E-state index contributed by atoms with van der Waals surface area (Å²) >= 11 is 0. The minimum Gasteiger partial charge on any atom is -0.480 e. The SMILES string of the molecule is COc1cnc(C(=O)Nc2cc(C)c(F)c(C3(CF)CC(C(F)(F)F)OC(N)=N3)c2)cn1. The summed E-state index contributed by atoms with van der Waals surface area (Å²) in [6, 6.07) is 1.32. The molecule has 3 rings (SSSR count). The number of methoxy groups -OCH3 is 1. The van der Waals surface area contributed by atoms with E-state index in [4.69, 9.17) is 10.5 Å². The molecule has 1 aliphatic heterocycles. The first-order valence-corrected chi connectivity index (χ1v) is 9.12. The van der Waals surface area contributed by atoms with Gasteiger partial charge >= 0.3 is 6.18 Å². The number of alkyl halides is 4. The second-order valence-electron chi connectivity index (χ2n) is 7.02. The second-order valence-corrected chi connectivity index (χ2v) is 7.02. The van der Waals surface area contributed by atoms with Gasteiger partial charge in [-0.3, -0.25) is 4.79 Å². The standard InChI is InChI=1S/C19H18F5N5O3/c1-9-3-10(28-16(30)12-6-27-14(31-2)7-26-12)4-11(15(9)21)18(8-20)5-13(19(22,23)24)32-17(25)29-18/h3-4,6-7,13H,5,8H2,1-2H3,(H2,25,29)(H,28,30). The van der Waals surface area contributed by atoms with Crippen molar-refractivity contribution in [1.82, 2.24) is 9.97 Å². The molecule has 1 amide bonds. The molecule has 0 aliphatic carbocycles. The molecule has 2 unspecified atom stereocenters. The van der Waals surface area contributed by atoms with Crippen LogP contribution in [0, 0.1) is 12.7 Å². The molecule has 0 spiro atoms. The molecule has 0 bridgehead atoms. The Hall–Kier alpha value is -3.51. The van der Waals surface area contributed by atoms with Crippen LogP contribution in [-0.4, -0.2) is 48.0 Å². The number of nitrogens with zero attached hydrogens (tertiary/aromatic N) is 3. The van der Waals surface area contributed by atoms with E-state index in [1.807, 2.05) is 0 Å². The Morgan fingerprint density at radius 3 is 2.62 bits per heavy atom. The van der Waals surface area contributed by atoms with E-state index in [0.717, 1.165) is 12.3 Å². The lowest BCUT2D eigenvalue weighted by atomic mass is 9.83. The highest BCUT2D eigenvalue weighted by atomic mass is 19.4.